The predicted octanol–water partition coefficient (Wildman–Crippen LogP) is 3.76. The van der Waals surface area contributed by atoms with Crippen molar-refractivity contribution in [2.24, 2.45) is 0 Å². The molecule has 12 nitrogen and oxygen atoms in total. The summed E-state index contributed by atoms with van der Waals surface area (Å²) in [5, 5.41) is 19.0. The van der Waals surface area contributed by atoms with E-state index in [4.69, 9.17) is 19.0 Å². The Morgan fingerprint density at radius 1 is 0.905 bits per heavy atom. The summed E-state index contributed by atoms with van der Waals surface area (Å²) in [6.45, 7) is 2.16. The second-order valence-electron chi connectivity index (χ2n) is 10.9. The molecule has 3 aromatic heterocycles. The van der Waals surface area contributed by atoms with Gasteiger partial charge in [0.25, 0.3) is 5.56 Å². The number of hydrogen-bond donors (Lipinski definition) is 3. The Balaban J connectivity index is 0.000000216. The summed E-state index contributed by atoms with van der Waals surface area (Å²) in [6, 6.07) is 1.98. The van der Waals surface area contributed by atoms with Crippen molar-refractivity contribution in [3.8, 4) is 0 Å². The van der Waals surface area contributed by atoms with E-state index in [1.807, 2.05) is 28.7 Å². The molecule has 2 aliphatic heterocycles. The van der Waals surface area contributed by atoms with E-state index in [1.54, 1.807) is 6.20 Å². The summed E-state index contributed by atoms with van der Waals surface area (Å²) in [6.07, 6.45) is 14.6. The molecule has 2 saturated heterocycles. The van der Waals surface area contributed by atoms with Crippen LogP contribution in [0.4, 0.5) is 0 Å². The number of furan rings is 1. The molecule has 2 aliphatic rings. The van der Waals surface area contributed by atoms with Gasteiger partial charge in [-0.2, -0.15) is 4.98 Å². The molecule has 2 fully saturated rings. The van der Waals surface area contributed by atoms with Crippen LogP contribution >= 0.6 is 22.6 Å². The van der Waals surface area contributed by atoms with Gasteiger partial charge in [-0.25, -0.2) is 9.59 Å². The first-order valence-electron chi connectivity index (χ1n) is 14.9. The van der Waals surface area contributed by atoms with E-state index in [0.29, 0.717) is 28.5 Å². The predicted molar refractivity (Wildman–Crippen MR) is 164 cm³/mol. The van der Waals surface area contributed by atoms with Gasteiger partial charge in [0.1, 0.15) is 18.2 Å². The Bertz CT molecular complexity index is 1460. The first-order chi connectivity index (χ1) is 20.3. The number of hydrogen-bond acceptors (Lipinski definition) is 9. The first kappa shape index (κ1) is 32.6. The zero-order valence-corrected chi connectivity index (χ0v) is 26.2. The van der Waals surface area contributed by atoms with Crippen molar-refractivity contribution in [1.82, 2.24) is 19.1 Å². The van der Waals surface area contributed by atoms with Gasteiger partial charge in [0.05, 0.1) is 34.4 Å². The second-order valence-corrected chi connectivity index (χ2v) is 12.0. The molecule has 0 bridgehead atoms. The van der Waals surface area contributed by atoms with Crippen LogP contribution in [0.3, 0.4) is 0 Å². The van der Waals surface area contributed by atoms with Crippen LogP contribution in [0.2, 0.25) is 0 Å². The lowest BCUT2D eigenvalue weighted by Crippen LogP contribution is -2.33. The van der Waals surface area contributed by atoms with Gasteiger partial charge in [0, 0.05) is 18.8 Å². The molecule has 13 heteroatoms. The molecule has 0 saturated carbocycles. The van der Waals surface area contributed by atoms with Gasteiger partial charge in [-0.1, -0.05) is 45.4 Å². The van der Waals surface area contributed by atoms with Crippen molar-refractivity contribution in [2.75, 3.05) is 13.2 Å². The number of aryl methyl sites for hydroxylation is 1. The quantitative estimate of drug-likeness (QED) is 0.189. The number of aliphatic hydroxyl groups is 2. The molecule has 5 heterocycles. The first-order valence-corrected chi connectivity index (χ1v) is 16.0. The average molecular weight is 701 g/mol. The summed E-state index contributed by atoms with van der Waals surface area (Å²) < 4.78 is 20.2. The number of fused-ring (bicyclic) bond motifs is 1. The number of halogens is 1. The lowest BCUT2D eigenvalue weighted by atomic mass is 10.1. The van der Waals surface area contributed by atoms with Gasteiger partial charge in [0.2, 0.25) is 5.71 Å². The number of rotatable bonds is 12. The van der Waals surface area contributed by atoms with Crippen molar-refractivity contribution in [3.05, 3.63) is 59.1 Å². The number of unbranched alkanes of at least 4 members (excludes halogenated alkanes) is 6. The molecule has 42 heavy (non-hydrogen) atoms. The van der Waals surface area contributed by atoms with Crippen molar-refractivity contribution in [2.45, 2.75) is 109 Å². The largest absolute Gasteiger partial charge is 0.443 e. The maximum absolute atomic E-state index is 12.3. The highest BCUT2D eigenvalue weighted by molar-refractivity contribution is 14.1. The second kappa shape index (κ2) is 15.9. The van der Waals surface area contributed by atoms with E-state index in [2.05, 4.69) is 16.9 Å². The summed E-state index contributed by atoms with van der Waals surface area (Å²) >= 11 is 1.86. The zero-order valence-electron chi connectivity index (χ0n) is 24.0. The van der Waals surface area contributed by atoms with Gasteiger partial charge >= 0.3 is 11.4 Å². The molecular formula is C29H41IN4O8. The highest BCUT2D eigenvalue weighted by atomic mass is 127. The van der Waals surface area contributed by atoms with E-state index in [0.717, 1.165) is 30.4 Å². The van der Waals surface area contributed by atoms with E-state index >= 15 is 0 Å². The van der Waals surface area contributed by atoms with Crippen LogP contribution in [0.1, 0.15) is 95.8 Å². The third-order valence-corrected chi connectivity index (χ3v) is 8.40. The zero-order chi connectivity index (χ0) is 30.1. The fourth-order valence-electron chi connectivity index (χ4n) is 5.29. The molecule has 4 atom stereocenters. The van der Waals surface area contributed by atoms with E-state index < -0.39 is 17.5 Å². The maximum Gasteiger partial charge on any atom is 0.353 e. The number of ether oxygens (including phenoxy) is 2. The number of aliphatic hydroxyl groups excluding tert-OH is 2. The molecule has 0 amide bonds. The highest BCUT2D eigenvalue weighted by Crippen LogP contribution is 2.28. The number of aromatic amines is 1. The molecule has 5 rings (SSSR count). The van der Waals surface area contributed by atoms with E-state index in [-0.39, 0.29) is 37.3 Å². The minimum Gasteiger partial charge on any atom is -0.443 e. The lowest BCUT2D eigenvalue weighted by molar-refractivity contribution is -0.0247. The van der Waals surface area contributed by atoms with Gasteiger partial charge < -0.3 is 24.1 Å². The normalized spacial score (nSPS) is 22.0. The van der Waals surface area contributed by atoms with Crippen LogP contribution in [0.15, 0.2) is 37.3 Å². The smallest absolute Gasteiger partial charge is 0.353 e. The van der Waals surface area contributed by atoms with Gasteiger partial charge in [-0.3, -0.25) is 18.9 Å². The fraction of sp³-hybridized carbons (Fsp3) is 0.655. The Hall–Kier alpha value is -2.33. The third-order valence-electron chi connectivity index (χ3n) is 7.64. The van der Waals surface area contributed by atoms with Crippen molar-refractivity contribution in [1.29, 1.82) is 0 Å². The Morgan fingerprint density at radius 3 is 2.14 bits per heavy atom. The Morgan fingerprint density at radius 2 is 1.52 bits per heavy atom. The van der Waals surface area contributed by atoms with E-state index in [1.165, 1.54) is 53.9 Å². The number of nitrogens with zero attached hydrogens (tertiary/aromatic N) is 3. The van der Waals surface area contributed by atoms with Crippen molar-refractivity contribution < 1.29 is 24.1 Å². The molecule has 232 valence electrons. The minimum atomic E-state index is -0.478. The number of nitrogens with one attached hydrogen (secondary N) is 1. The molecule has 3 N–H and O–H groups in total. The third kappa shape index (κ3) is 8.62. The summed E-state index contributed by atoms with van der Waals surface area (Å²) in [4.78, 5) is 41.3. The Labute approximate surface area is 257 Å². The summed E-state index contributed by atoms with van der Waals surface area (Å²) in [5.41, 5.74) is -0.827. The van der Waals surface area contributed by atoms with Gasteiger partial charge in [-0.15, -0.1) is 0 Å². The lowest BCUT2D eigenvalue weighted by Gasteiger charge is -2.14. The monoisotopic (exact) mass is 700 g/mol. The van der Waals surface area contributed by atoms with Crippen molar-refractivity contribution in [3.63, 3.8) is 0 Å². The molecule has 0 radical (unpaired) electrons. The fourth-order valence-corrected chi connectivity index (χ4v) is 5.72. The van der Waals surface area contributed by atoms with Gasteiger partial charge in [0.15, 0.2) is 0 Å². The summed E-state index contributed by atoms with van der Waals surface area (Å²) in [7, 11) is 0. The summed E-state index contributed by atoms with van der Waals surface area (Å²) in [5.74, 6) is 0.888. The standard InChI is InChI=1S/C20H30N2O4.C9H11IN2O4/c1-2-3-4-5-6-7-8-9-16-12-15-13-22(20(24)21-19(15)26-16)18-11-10-17(14-23)25-18;10-6-3-12(9(15)11-8(6)14)7-2-1-5(4-13)16-7/h12-13,17-18,23H,2-11,14H2,1H3;3,5,7,13H,1-2,4H2,(H,11,14,15)/t17-,18+;5-,7+/m11/s1. The van der Waals surface area contributed by atoms with E-state index in [9.17, 15) is 19.5 Å². The molecule has 0 aromatic carbocycles. The minimum absolute atomic E-state index is 0.0186. The molecule has 0 unspecified atom stereocenters. The average Bonchev–Trinajstić information content (AvgIpc) is 3.74. The molecule has 0 aliphatic carbocycles. The van der Waals surface area contributed by atoms with Crippen LogP contribution in [-0.2, 0) is 15.9 Å². The topological polar surface area (TPSA) is 162 Å². The van der Waals surface area contributed by atoms with Crippen LogP contribution in [0.5, 0.6) is 0 Å². The van der Waals surface area contributed by atoms with Crippen LogP contribution in [-0.4, -0.2) is 54.7 Å². The number of aromatic nitrogens is 4. The van der Waals surface area contributed by atoms with Gasteiger partial charge in [-0.05, 0) is 60.8 Å². The molecule has 0 spiro atoms. The van der Waals surface area contributed by atoms with Crippen molar-refractivity contribution >= 4 is 33.7 Å². The molecular weight excluding hydrogens is 659 g/mol. The van der Waals surface area contributed by atoms with Crippen LogP contribution in [0, 0.1) is 3.57 Å². The molecule has 3 aromatic rings. The SMILES string of the molecule is CCCCCCCCCc1cc2cn([C@@H]3CC[C@H](CO)O3)c(=O)nc2o1.O=c1[nH]c(=O)n([C@@H]2CC[C@H](CO)O2)cc1I. The Kier molecular flexibility index (Phi) is 12.4. The van der Waals surface area contributed by atoms with Crippen LogP contribution in [0.25, 0.3) is 11.1 Å². The maximum atomic E-state index is 12.3. The highest BCUT2D eigenvalue weighted by Gasteiger charge is 2.28. The van der Waals surface area contributed by atoms with Crippen LogP contribution < -0.4 is 16.9 Å². The number of H-pyrrole nitrogens is 1.